The Kier molecular flexibility index (Phi) is 6.85. The highest BCUT2D eigenvalue weighted by Gasteiger charge is 2.28. The quantitative estimate of drug-likeness (QED) is 0.856. The number of halogens is 1. The largest absolute Gasteiger partial charge is 0.338 e. The molecule has 0 radical (unpaired) electrons. The number of rotatable bonds is 4. The van der Waals surface area contributed by atoms with Crippen LogP contribution >= 0.6 is 35.1 Å². The Bertz CT molecular complexity index is 707. The van der Waals surface area contributed by atoms with E-state index in [4.69, 9.17) is 5.73 Å². The van der Waals surface area contributed by atoms with Crippen LogP contribution in [0.3, 0.4) is 0 Å². The molecule has 0 bridgehead atoms. The smallest absolute Gasteiger partial charge is 0.264 e. The van der Waals surface area contributed by atoms with E-state index in [1.165, 1.54) is 0 Å². The standard InChI is InChI=1S/C17H23N3O2S2.ClH/c1-11(2)9-12(18)16(21)19-4-6-20(7-5-19)17(22)15-10-14-13(24-15)3-8-23-14;/h3,8,10-12H,4-7,9,18H2,1-2H3;1H/t12-;/m0./s1. The first-order valence-electron chi connectivity index (χ1n) is 8.26. The summed E-state index contributed by atoms with van der Waals surface area (Å²) in [6, 6.07) is 3.59. The van der Waals surface area contributed by atoms with Gasteiger partial charge in [0.1, 0.15) is 0 Å². The highest BCUT2D eigenvalue weighted by atomic mass is 35.5. The number of amides is 2. The fraction of sp³-hybridized carbons (Fsp3) is 0.529. The van der Waals surface area contributed by atoms with E-state index in [-0.39, 0.29) is 24.2 Å². The van der Waals surface area contributed by atoms with Gasteiger partial charge < -0.3 is 15.5 Å². The number of thiophene rings is 2. The van der Waals surface area contributed by atoms with Crippen LogP contribution in [0.5, 0.6) is 0 Å². The van der Waals surface area contributed by atoms with Crippen molar-refractivity contribution in [1.29, 1.82) is 0 Å². The van der Waals surface area contributed by atoms with Crippen molar-refractivity contribution in [3.63, 3.8) is 0 Å². The average Bonchev–Trinajstić information content (AvgIpc) is 3.14. The SMILES string of the molecule is CC(C)C[C@H](N)C(=O)N1CCN(C(=O)c2cc3sccc3s2)CC1.Cl. The summed E-state index contributed by atoms with van der Waals surface area (Å²) in [6.07, 6.45) is 0.698. The van der Waals surface area contributed by atoms with Gasteiger partial charge >= 0.3 is 0 Å². The van der Waals surface area contributed by atoms with Crippen LogP contribution in [0.2, 0.25) is 0 Å². The average molecular weight is 402 g/mol. The molecule has 0 aromatic carbocycles. The topological polar surface area (TPSA) is 66.6 Å². The predicted molar refractivity (Wildman–Crippen MR) is 107 cm³/mol. The molecule has 1 fully saturated rings. The Morgan fingerprint density at radius 2 is 1.80 bits per heavy atom. The van der Waals surface area contributed by atoms with Crippen LogP contribution in [0.1, 0.15) is 29.9 Å². The van der Waals surface area contributed by atoms with E-state index in [1.807, 2.05) is 22.4 Å². The van der Waals surface area contributed by atoms with Gasteiger partial charge in [0.25, 0.3) is 5.91 Å². The monoisotopic (exact) mass is 401 g/mol. The van der Waals surface area contributed by atoms with Gasteiger partial charge in [0.2, 0.25) is 5.91 Å². The summed E-state index contributed by atoms with van der Waals surface area (Å²) >= 11 is 3.20. The lowest BCUT2D eigenvalue weighted by Gasteiger charge is -2.36. The Morgan fingerprint density at radius 1 is 1.16 bits per heavy atom. The van der Waals surface area contributed by atoms with E-state index in [9.17, 15) is 9.59 Å². The Balaban J connectivity index is 0.00000225. The molecule has 1 aliphatic rings. The van der Waals surface area contributed by atoms with Crippen molar-refractivity contribution in [2.24, 2.45) is 11.7 Å². The summed E-state index contributed by atoms with van der Waals surface area (Å²) in [6.45, 7) is 6.41. The molecule has 0 aliphatic carbocycles. The Morgan fingerprint density at radius 3 is 2.40 bits per heavy atom. The van der Waals surface area contributed by atoms with Crippen molar-refractivity contribution in [1.82, 2.24) is 9.80 Å². The third kappa shape index (κ3) is 4.53. The molecule has 2 N–H and O–H groups in total. The highest BCUT2D eigenvalue weighted by molar-refractivity contribution is 7.27. The van der Waals surface area contributed by atoms with Gasteiger partial charge in [-0.25, -0.2) is 0 Å². The molecule has 0 unspecified atom stereocenters. The summed E-state index contributed by atoms with van der Waals surface area (Å²) in [7, 11) is 0. The minimum Gasteiger partial charge on any atom is -0.338 e. The normalized spacial score (nSPS) is 16.2. The van der Waals surface area contributed by atoms with E-state index in [0.717, 1.165) is 14.3 Å². The second kappa shape index (κ2) is 8.49. The van der Waals surface area contributed by atoms with E-state index in [1.54, 1.807) is 27.6 Å². The molecule has 2 amide bonds. The van der Waals surface area contributed by atoms with Crippen LogP contribution in [0, 0.1) is 5.92 Å². The zero-order chi connectivity index (χ0) is 17.3. The van der Waals surface area contributed by atoms with Crippen molar-refractivity contribution >= 4 is 56.3 Å². The molecule has 25 heavy (non-hydrogen) atoms. The van der Waals surface area contributed by atoms with Crippen LogP contribution in [0.15, 0.2) is 17.5 Å². The van der Waals surface area contributed by atoms with Crippen LogP contribution < -0.4 is 5.73 Å². The minimum absolute atomic E-state index is 0. The summed E-state index contributed by atoms with van der Waals surface area (Å²) in [5.74, 6) is 0.480. The van der Waals surface area contributed by atoms with Crippen molar-refractivity contribution in [2.45, 2.75) is 26.3 Å². The number of carbonyl (C=O) groups excluding carboxylic acids is 2. The molecule has 3 rings (SSSR count). The maximum atomic E-state index is 12.6. The molecule has 2 aromatic rings. The zero-order valence-corrected chi connectivity index (χ0v) is 16.9. The first-order valence-corrected chi connectivity index (χ1v) is 9.96. The molecule has 138 valence electrons. The number of fused-ring (bicyclic) bond motifs is 1. The molecule has 5 nitrogen and oxygen atoms in total. The van der Waals surface area contributed by atoms with Gasteiger partial charge in [-0.2, -0.15) is 0 Å². The molecular formula is C17H24ClN3O2S2. The number of carbonyl (C=O) groups is 2. The Hall–Kier alpha value is -1.15. The van der Waals surface area contributed by atoms with Crippen molar-refractivity contribution in [2.75, 3.05) is 26.2 Å². The second-order valence-electron chi connectivity index (χ2n) is 6.61. The molecule has 1 saturated heterocycles. The number of hydrogen-bond acceptors (Lipinski definition) is 5. The molecule has 8 heteroatoms. The third-order valence-electron chi connectivity index (χ3n) is 4.27. The minimum atomic E-state index is -0.434. The van der Waals surface area contributed by atoms with Gasteiger partial charge in [0, 0.05) is 35.6 Å². The van der Waals surface area contributed by atoms with Crippen molar-refractivity contribution < 1.29 is 9.59 Å². The molecule has 3 heterocycles. The lowest BCUT2D eigenvalue weighted by Crippen LogP contribution is -2.54. The maximum Gasteiger partial charge on any atom is 0.264 e. The van der Waals surface area contributed by atoms with Gasteiger partial charge in [-0.3, -0.25) is 9.59 Å². The summed E-state index contributed by atoms with van der Waals surface area (Å²) in [4.78, 5) is 29.4. The van der Waals surface area contributed by atoms with Crippen LogP contribution in [0.4, 0.5) is 0 Å². The van der Waals surface area contributed by atoms with Gasteiger partial charge in [-0.1, -0.05) is 13.8 Å². The molecule has 0 spiro atoms. The van der Waals surface area contributed by atoms with Crippen molar-refractivity contribution in [3.8, 4) is 0 Å². The summed E-state index contributed by atoms with van der Waals surface area (Å²) in [5, 5.41) is 2.04. The number of piperazine rings is 1. The highest BCUT2D eigenvalue weighted by Crippen LogP contribution is 2.30. The van der Waals surface area contributed by atoms with Gasteiger partial charge in [-0.15, -0.1) is 35.1 Å². The van der Waals surface area contributed by atoms with Crippen LogP contribution in [0.25, 0.3) is 9.40 Å². The molecule has 1 atom stereocenters. The van der Waals surface area contributed by atoms with Crippen LogP contribution in [-0.2, 0) is 4.79 Å². The van der Waals surface area contributed by atoms with E-state index in [0.29, 0.717) is 38.5 Å². The lowest BCUT2D eigenvalue weighted by atomic mass is 10.0. The number of hydrogen-bond donors (Lipinski definition) is 1. The Labute approximate surface area is 162 Å². The summed E-state index contributed by atoms with van der Waals surface area (Å²) < 4.78 is 2.33. The zero-order valence-electron chi connectivity index (χ0n) is 14.4. The second-order valence-corrected chi connectivity index (χ2v) is 8.64. The van der Waals surface area contributed by atoms with E-state index < -0.39 is 6.04 Å². The van der Waals surface area contributed by atoms with Gasteiger partial charge in [-0.05, 0) is 29.9 Å². The van der Waals surface area contributed by atoms with Gasteiger partial charge in [0.05, 0.1) is 10.9 Å². The fourth-order valence-corrected chi connectivity index (χ4v) is 5.08. The predicted octanol–water partition coefficient (Wildman–Crippen LogP) is 3.04. The fourth-order valence-electron chi connectivity index (χ4n) is 3.00. The van der Waals surface area contributed by atoms with E-state index in [2.05, 4.69) is 13.8 Å². The lowest BCUT2D eigenvalue weighted by molar-refractivity contribution is -0.134. The first-order chi connectivity index (χ1) is 11.5. The van der Waals surface area contributed by atoms with E-state index >= 15 is 0 Å². The molecule has 2 aromatic heterocycles. The number of nitrogens with two attached hydrogens (primary N) is 1. The van der Waals surface area contributed by atoms with Crippen molar-refractivity contribution in [3.05, 3.63) is 22.4 Å². The van der Waals surface area contributed by atoms with Gasteiger partial charge in [0.15, 0.2) is 0 Å². The third-order valence-corrected chi connectivity index (χ3v) is 6.35. The van der Waals surface area contributed by atoms with Crippen LogP contribution in [-0.4, -0.2) is 53.8 Å². The molecule has 0 saturated carbocycles. The molecular weight excluding hydrogens is 378 g/mol. The first kappa shape index (κ1) is 20.2. The maximum absolute atomic E-state index is 12.6. The summed E-state index contributed by atoms with van der Waals surface area (Å²) in [5.41, 5.74) is 6.00. The molecule has 1 aliphatic heterocycles. The number of nitrogens with zero attached hydrogens (tertiary/aromatic N) is 2.